The summed E-state index contributed by atoms with van der Waals surface area (Å²) in [5.74, 6) is 0. The van der Waals surface area contributed by atoms with E-state index in [4.69, 9.17) is 4.74 Å². The van der Waals surface area contributed by atoms with Crippen LogP contribution >= 0.6 is 27.7 Å². The van der Waals surface area contributed by atoms with E-state index in [1.54, 1.807) is 0 Å². The van der Waals surface area contributed by atoms with Crippen molar-refractivity contribution in [3.8, 4) is 0 Å². The van der Waals surface area contributed by atoms with Gasteiger partial charge in [0.05, 0.1) is 6.10 Å². The van der Waals surface area contributed by atoms with Gasteiger partial charge in [0.1, 0.15) is 0 Å². The standard InChI is InChI=1S/C15H22BrNOS/c1-10(2)17-9-12-4-5-13(8-14(12)16)19-15-6-7-18-11(15)3/h4-5,8,10-11,15,17H,6-7,9H2,1-3H3. The summed E-state index contributed by atoms with van der Waals surface area (Å²) in [7, 11) is 0. The maximum Gasteiger partial charge on any atom is 0.0669 e. The van der Waals surface area contributed by atoms with Crippen LogP contribution in [0.4, 0.5) is 0 Å². The molecule has 1 heterocycles. The van der Waals surface area contributed by atoms with Crippen LogP contribution in [0.2, 0.25) is 0 Å². The van der Waals surface area contributed by atoms with Gasteiger partial charge in [-0.25, -0.2) is 0 Å². The molecule has 1 aliphatic rings. The molecule has 4 heteroatoms. The van der Waals surface area contributed by atoms with E-state index in [0.717, 1.165) is 19.6 Å². The maximum atomic E-state index is 5.61. The van der Waals surface area contributed by atoms with Gasteiger partial charge >= 0.3 is 0 Å². The fraction of sp³-hybridized carbons (Fsp3) is 0.600. The summed E-state index contributed by atoms with van der Waals surface area (Å²) in [6.45, 7) is 8.31. The van der Waals surface area contributed by atoms with Crippen LogP contribution in [0.25, 0.3) is 0 Å². The molecular formula is C15H22BrNOS. The molecule has 106 valence electrons. The van der Waals surface area contributed by atoms with Crippen molar-refractivity contribution in [2.24, 2.45) is 0 Å². The van der Waals surface area contributed by atoms with E-state index in [0.29, 0.717) is 17.4 Å². The summed E-state index contributed by atoms with van der Waals surface area (Å²) in [5, 5.41) is 4.03. The highest BCUT2D eigenvalue weighted by Gasteiger charge is 2.25. The number of rotatable bonds is 5. The lowest BCUT2D eigenvalue weighted by Crippen LogP contribution is -2.22. The van der Waals surface area contributed by atoms with Crippen molar-refractivity contribution in [2.45, 2.75) is 56.0 Å². The zero-order chi connectivity index (χ0) is 13.8. The molecule has 1 aromatic carbocycles. The summed E-state index contributed by atoms with van der Waals surface area (Å²) in [6.07, 6.45) is 1.52. The summed E-state index contributed by atoms with van der Waals surface area (Å²) < 4.78 is 6.81. The highest BCUT2D eigenvalue weighted by Crippen LogP contribution is 2.34. The number of hydrogen-bond donors (Lipinski definition) is 1. The third-order valence-corrected chi connectivity index (χ3v) is 5.51. The number of nitrogens with one attached hydrogen (secondary N) is 1. The van der Waals surface area contributed by atoms with Gasteiger partial charge in [-0.1, -0.05) is 35.8 Å². The molecule has 1 saturated heterocycles. The fourth-order valence-corrected chi connectivity index (χ4v) is 3.94. The van der Waals surface area contributed by atoms with Gasteiger partial charge in [-0.05, 0) is 31.0 Å². The molecule has 0 amide bonds. The Morgan fingerprint density at radius 3 is 2.84 bits per heavy atom. The number of halogens is 1. The van der Waals surface area contributed by atoms with Crippen molar-refractivity contribution in [1.29, 1.82) is 0 Å². The van der Waals surface area contributed by atoms with Crippen LogP contribution in [0.5, 0.6) is 0 Å². The Kier molecular flexibility index (Phi) is 5.75. The molecule has 1 fully saturated rings. The lowest BCUT2D eigenvalue weighted by atomic mass is 10.2. The van der Waals surface area contributed by atoms with Crippen LogP contribution in [0.3, 0.4) is 0 Å². The normalized spacial score (nSPS) is 23.2. The molecule has 0 bridgehead atoms. The first-order valence-corrected chi connectivity index (χ1v) is 8.53. The smallest absolute Gasteiger partial charge is 0.0669 e. The highest BCUT2D eigenvalue weighted by atomic mass is 79.9. The van der Waals surface area contributed by atoms with Crippen molar-refractivity contribution < 1.29 is 4.74 Å². The largest absolute Gasteiger partial charge is 0.377 e. The number of ether oxygens (including phenoxy) is 1. The molecule has 2 atom stereocenters. The third kappa shape index (κ3) is 4.48. The van der Waals surface area contributed by atoms with Crippen molar-refractivity contribution in [2.75, 3.05) is 6.61 Å². The Labute approximate surface area is 128 Å². The molecule has 1 aliphatic heterocycles. The van der Waals surface area contributed by atoms with E-state index in [9.17, 15) is 0 Å². The van der Waals surface area contributed by atoms with Crippen LogP contribution in [0.15, 0.2) is 27.6 Å². The zero-order valence-corrected chi connectivity index (χ0v) is 14.2. The van der Waals surface area contributed by atoms with Crippen LogP contribution in [-0.4, -0.2) is 24.0 Å². The Hall–Kier alpha value is -0.0300. The van der Waals surface area contributed by atoms with Gasteiger partial charge < -0.3 is 10.1 Å². The molecule has 0 saturated carbocycles. The second-order valence-corrected chi connectivity index (χ2v) is 7.48. The summed E-state index contributed by atoms with van der Waals surface area (Å²) >= 11 is 5.61. The van der Waals surface area contributed by atoms with Crippen molar-refractivity contribution in [1.82, 2.24) is 5.32 Å². The minimum Gasteiger partial charge on any atom is -0.377 e. The maximum absolute atomic E-state index is 5.61. The Bertz CT molecular complexity index is 425. The average Bonchev–Trinajstić information content (AvgIpc) is 2.74. The van der Waals surface area contributed by atoms with Crippen molar-refractivity contribution >= 4 is 27.7 Å². The molecule has 0 aromatic heterocycles. The molecule has 19 heavy (non-hydrogen) atoms. The first kappa shape index (κ1) is 15.4. The monoisotopic (exact) mass is 343 g/mol. The quantitative estimate of drug-likeness (QED) is 0.864. The summed E-state index contributed by atoms with van der Waals surface area (Å²) in [4.78, 5) is 1.32. The zero-order valence-electron chi connectivity index (χ0n) is 11.8. The van der Waals surface area contributed by atoms with Crippen LogP contribution in [0, 0.1) is 0 Å². The number of benzene rings is 1. The molecule has 2 nitrogen and oxygen atoms in total. The first-order valence-electron chi connectivity index (χ1n) is 6.86. The first-order chi connectivity index (χ1) is 9.06. The van der Waals surface area contributed by atoms with Gasteiger partial charge in [-0.3, -0.25) is 0 Å². The van der Waals surface area contributed by atoms with Crippen LogP contribution < -0.4 is 5.32 Å². The van der Waals surface area contributed by atoms with Crippen molar-refractivity contribution in [3.05, 3.63) is 28.2 Å². The van der Waals surface area contributed by atoms with Gasteiger partial charge in [0.25, 0.3) is 0 Å². The molecule has 1 aromatic rings. The topological polar surface area (TPSA) is 21.3 Å². The molecule has 0 radical (unpaired) electrons. The van der Waals surface area contributed by atoms with Gasteiger partial charge in [-0.15, -0.1) is 11.8 Å². The summed E-state index contributed by atoms with van der Waals surface area (Å²) in [5.41, 5.74) is 1.31. The summed E-state index contributed by atoms with van der Waals surface area (Å²) in [6, 6.07) is 7.17. The second-order valence-electron chi connectivity index (χ2n) is 5.31. The van der Waals surface area contributed by atoms with E-state index in [2.05, 4.69) is 60.2 Å². The highest BCUT2D eigenvalue weighted by molar-refractivity contribution is 9.10. The minimum absolute atomic E-state index is 0.367. The van der Waals surface area contributed by atoms with E-state index < -0.39 is 0 Å². The van der Waals surface area contributed by atoms with E-state index in [1.807, 2.05) is 11.8 Å². The van der Waals surface area contributed by atoms with Gasteiger partial charge in [-0.2, -0.15) is 0 Å². The van der Waals surface area contributed by atoms with Gasteiger partial charge in [0, 0.05) is 33.8 Å². The van der Waals surface area contributed by atoms with E-state index in [-0.39, 0.29) is 0 Å². The minimum atomic E-state index is 0.367. The fourth-order valence-electron chi connectivity index (χ4n) is 2.10. The lowest BCUT2D eigenvalue weighted by Gasteiger charge is -2.15. The predicted molar refractivity (Wildman–Crippen MR) is 85.8 cm³/mol. The molecular weight excluding hydrogens is 322 g/mol. The molecule has 2 rings (SSSR count). The van der Waals surface area contributed by atoms with Crippen molar-refractivity contribution in [3.63, 3.8) is 0 Å². The predicted octanol–water partition coefficient (Wildman–Crippen LogP) is 4.22. The molecule has 1 N–H and O–H groups in total. The third-order valence-electron chi connectivity index (χ3n) is 3.32. The van der Waals surface area contributed by atoms with E-state index in [1.165, 1.54) is 14.9 Å². The number of hydrogen-bond acceptors (Lipinski definition) is 3. The van der Waals surface area contributed by atoms with E-state index >= 15 is 0 Å². The van der Waals surface area contributed by atoms with Crippen LogP contribution in [0.1, 0.15) is 32.8 Å². The Morgan fingerprint density at radius 1 is 1.47 bits per heavy atom. The molecule has 0 spiro atoms. The lowest BCUT2D eigenvalue weighted by molar-refractivity contribution is 0.127. The number of thioether (sulfide) groups is 1. The van der Waals surface area contributed by atoms with Gasteiger partial charge in [0.15, 0.2) is 0 Å². The Balaban J connectivity index is 1.98. The van der Waals surface area contributed by atoms with Gasteiger partial charge in [0.2, 0.25) is 0 Å². The van der Waals surface area contributed by atoms with Crippen LogP contribution in [-0.2, 0) is 11.3 Å². The Morgan fingerprint density at radius 2 is 2.26 bits per heavy atom. The SMILES string of the molecule is CC(C)NCc1ccc(SC2CCOC2C)cc1Br. The average molecular weight is 344 g/mol. The molecule has 0 aliphatic carbocycles. The molecule has 2 unspecified atom stereocenters. The second kappa shape index (κ2) is 7.11.